The summed E-state index contributed by atoms with van der Waals surface area (Å²) in [4.78, 5) is 11.1. The Morgan fingerprint density at radius 2 is 2.21 bits per heavy atom. The van der Waals surface area contributed by atoms with E-state index >= 15 is 0 Å². The molecule has 0 unspecified atom stereocenters. The summed E-state index contributed by atoms with van der Waals surface area (Å²) in [5.74, 6) is 0.559. The molecule has 0 bridgehead atoms. The number of ether oxygens (including phenoxy) is 2. The fraction of sp³-hybridized carbons (Fsp3) is 0.500. The van der Waals surface area contributed by atoms with Gasteiger partial charge in [0.05, 0.1) is 0 Å². The summed E-state index contributed by atoms with van der Waals surface area (Å²) < 4.78 is 10.7. The molecule has 0 aromatic heterocycles. The van der Waals surface area contributed by atoms with Gasteiger partial charge in [0.15, 0.2) is 6.61 Å². The van der Waals surface area contributed by atoms with Gasteiger partial charge in [0.25, 0.3) is 5.91 Å². The van der Waals surface area contributed by atoms with Gasteiger partial charge in [-0.2, -0.15) is 0 Å². The maximum atomic E-state index is 11.1. The maximum absolute atomic E-state index is 11.1. The monoisotopic (exact) mass is 264 g/mol. The van der Waals surface area contributed by atoms with Crippen LogP contribution in [0, 0.1) is 0 Å². The van der Waals surface area contributed by atoms with Crippen LogP contribution in [-0.2, 0) is 9.53 Å². The van der Waals surface area contributed by atoms with Crippen LogP contribution in [0.1, 0.15) is 12.8 Å². The minimum absolute atomic E-state index is 0.0389. The standard InChI is InChI=1S/C14H20N2O3/c1-15-14(17)10-19-13-4-2-3-12(9-13)16-11-5-7-18-8-6-11/h2-4,9,11,16H,5-8,10H2,1H3,(H,15,17). The van der Waals surface area contributed by atoms with Crippen molar-refractivity contribution >= 4 is 11.6 Å². The lowest BCUT2D eigenvalue weighted by molar-refractivity contribution is -0.122. The molecule has 0 aliphatic carbocycles. The number of rotatable bonds is 5. The molecule has 1 amide bonds. The largest absolute Gasteiger partial charge is 0.484 e. The maximum Gasteiger partial charge on any atom is 0.257 e. The van der Waals surface area contributed by atoms with Gasteiger partial charge < -0.3 is 20.1 Å². The van der Waals surface area contributed by atoms with E-state index in [2.05, 4.69) is 10.6 Å². The number of hydrogen-bond acceptors (Lipinski definition) is 4. The van der Waals surface area contributed by atoms with Crippen molar-refractivity contribution in [2.45, 2.75) is 18.9 Å². The van der Waals surface area contributed by atoms with Gasteiger partial charge in [-0.3, -0.25) is 4.79 Å². The highest BCUT2D eigenvalue weighted by molar-refractivity contribution is 5.77. The minimum atomic E-state index is -0.136. The smallest absolute Gasteiger partial charge is 0.257 e. The third kappa shape index (κ3) is 4.44. The van der Waals surface area contributed by atoms with Crippen LogP contribution in [0.4, 0.5) is 5.69 Å². The number of benzene rings is 1. The Bertz CT molecular complexity index is 417. The van der Waals surface area contributed by atoms with E-state index in [1.165, 1.54) is 0 Å². The molecule has 1 saturated heterocycles. The molecule has 1 aromatic rings. The number of hydrogen-bond donors (Lipinski definition) is 2. The van der Waals surface area contributed by atoms with Crippen molar-refractivity contribution in [2.24, 2.45) is 0 Å². The number of amides is 1. The van der Waals surface area contributed by atoms with E-state index in [0.29, 0.717) is 11.8 Å². The van der Waals surface area contributed by atoms with Crippen LogP contribution in [0.15, 0.2) is 24.3 Å². The molecule has 1 aliphatic heterocycles. The van der Waals surface area contributed by atoms with E-state index in [4.69, 9.17) is 9.47 Å². The Morgan fingerprint density at radius 3 is 2.95 bits per heavy atom. The highest BCUT2D eigenvalue weighted by Gasteiger charge is 2.13. The minimum Gasteiger partial charge on any atom is -0.484 e. The van der Waals surface area contributed by atoms with Gasteiger partial charge in [-0.05, 0) is 25.0 Å². The SMILES string of the molecule is CNC(=O)COc1cccc(NC2CCOCC2)c1. The van der Waals surface area contributed by atoms with Gasteiger partial charge in [-0.25, -0.2) is 0 Å². The molecule has 1 fully saturated rings. The van der Waals surface area contributed by atoms with Crippen LogP contribution in [0.25, 0.3) is 0 Å². The van der Waals surface area contributed by atoms with Gasteiger partial charge in [-0.1, -0.05) is 6.07 Å². The van der Waals surface area contributed by atoms with E-state index in [-0.39, 0.29) is 12.5 Å². The summed E-state index contributed by atoms with van der Waals surface area (Å²) >= 11 is 0. The van der Waals surface area contributed by atoms with Crippen LogP contribution in [0.5, 0.6) is 5.75 Å². The van der Waals surface area contributed by atoms with Gasteiger partial charge in [0.2, 0.25) is 0 Å². The molecule has 0 saturated carbocycles. The molecule has 0 spiro atoms. The Kier molecular flexibility index (Phi) is 5.03. The third-order valence-corrected chi connectivity index (χ3v) is 3.07. The first-order valence-corrected chi connectivity index (χ1v) is 6.55. The zero-order valence-electron chi connectivity index (χ0n) is 11.1. The van der Waals surface area contributed by atoms with Crippen molar-refractivity contribution in [2.75, 3.05) is 32.2 Å². The van der Waals surface area contributed by atoms with E-state index in [0.717, 1.165) is 31.7 Å². The fourth-order valence-electron chi connectivity index (χ4n) is 1.97. The number of carbonyl (C=O) groups excluding carboxylic acids is 1. The predicted octanol–water partition coefficient (Wildman–Crippen LogP) is 1.40. The number of anilines is 1. The van der Waals surface area contributed by atoms with Gasteiger partial charge in [0, 0.05) is 38.1 Å². The average Bonchev–Trinajstić information content (AvgIpc) is 2.46. The van der Waals surface area contributed by atoms with Crippen LogP contribution in [0.2, 0.25) is 0 Å². The van der Waals surface area contributed by atoms with Gasteiger partial charge >= 0.3 is 0 Å². The Morgan fingerprint density at radius 1 is 1.42 bits per heavy atom. The molecule has 1 aliphatic rings. The first-order chi connectivity index (χ1) is 9.28. The number of likely N-dealkylation sites (N-methyl/N-ethyl adjacent to an activating group) is 1. The van der Waals surface area contributed by atoms with Crippen molar-refractivity contribution in [1.29, 1.82) is 0 Å². The predicted molar refractivity (Wildman–Crippen MR) is 73.5 cm³/mol. The summed E-state index contributed by atoms with van der Waals surface area (Å²) in [5, 5.41) is 5.98. The number of nitrogens with one attached hydrogen (secondary N) is 2. The van der Waals surface area contributed by atoms with E-state index in [9.17, 15) is 4.79 Å². The van der Waals surface area contributed by atoms with Crippen molar-refractivity contribution < 1.29 is 14.3 Å². The van der Waals surface area contributed by atoms with Crippen LogP contribution in [0.3, 0.4) is 0 Å². The highest BCUT2D eigenvalue weighted by Crippen LogP contribution is 2.20. The van der Waals surface area contributed by atoms with E-state index in [1.54, 1.807) is 7.05 Å². The molecule has 1 heterocycles. The molecule has 0 atom stereocenters. The van der Waals surface area contributed by atoms with E-state index in [1.807, 2.05) is 24.3 Å². The zero-order chi connectivity index (χ0) is 13.5. The third-order valence-electron chi connectivity index (χ3n) is 3.07. The normalized spacial score (nSPS) is 15.8. The molecular formula is C14H20N2O3. The second-order valence-electron chi connectivity index (χ2n) is 4.52. The Balaban J connectivity index is 1.88. The summed E-state index contributed by atoms with van der Waals surface area (Å²) in [6.45, 7) is 1.66. The summed E-state index contributed by atoms with van der Waals surface area (Å²) in [7, 11) is 1.59. The lowest BCUT2D eigenvalue weighted by Gasteiger charge is -2.24. The quantitative estimate of drug-likeness (QED) is 0.844. The lowest BCUT2D eigenvalue weighted by Crippen LogP contribution is -2.27. The molecule has 5 nitrogen and oxygen atoms in total. The van der Waals surface area contributed by atoms with Crippen molar-refractivity contribution in [3.8, 4) is 5.75 Å². The molecular weight excluding hydrogens is 244 g/mol. The lowest BCUT2D eigenvalue weighted by atomic mass is 10.1. The first kappa shape index (κ1) is 13.7. The highest BCUT2D eigenvalue weighted by atomic mass is 16.5. The van der Waals surface area contributed by atoms with Crippen molar-refractivity contribution in [1.82, 2.24) is 5.32 Å². The molecule has 1 aromatic carbocycles. The first-order valence-electron chi connectivity index (χ1n) is 6.55. The van der Waals surface area contributed by atoms with Crippen LogP contribution in [-0.4, -0.2) is 38.8 Å². The fourth-order valence-corrected chi connectivity index (χ4v) is 1.97. The van der Waals surface area contributed by atoms with Crippen LogP contribution >= 0.6 is 0 Å². The Hall–Kier alpha value is -1.75. The van der Waals surface area contributed by atoms with Gasteiger partial charge in [-0.15, -0.1) is 0 Å². The van der Waals surface area contributed by atoms with Crippen LogP contribution < -0.4 is 15.4 Å². The molecule has 2 N–H and O–H groups in total. The zero-order valence-corrected chi connectivity index (χ0v) is 11.1. The summed E-state index contributed by atoms with van der Waals surface area (Å²) in [6.07, 6.45) is 2.03. The van der Waals surface area contributed by atoms with E-state index < -0.39 is 0 Å². The second-order valence-corrected chi connectivity index (χ2v) is 4.52. The topological polar surface area (TPSA) is 59.6 Å². The summed E-state index contributed by atoms with van der Waals surface area (Å²) in [6, 6.07) is 8.13. The molecule has 0 radical (unpaired) electrons. The van der Waals surface area contributed by atoms with Crippen molar-refractivity contribution in [3.63, 3.8) is 0 Å². The summed E-state index contributed by atoms with van der Waals surface area (Å²) in [5.41, 5.74) is 1.02. The number of carbonyl (C=O) groups is 1. The molecule has 104 valence electrons. The van der Waals surface area contributed by atoms with Gasteiger partial charge in [0.1, 0.15) is 5.75 Å². The Labute approximate surface area is 113 Å². The van der Waals surface area contributed by atoms with Crippen molar-refractivity contribution in [3.05, 3.63) is 24.3 Å². The molecule has 5 heteroatoms. The molecule has 2 rings (SSSR count). The molecule has 19 heavy (non-hydrogen) atoms. The second kappa shape index (κ2) is 6.99. The average molecular weight is 264 g/mol.